The SMILES string of the molecule is CN(Cc1ccon1)CC1(O)CCCN(CC2CCCCC2)C1=O. The monoisotopic (exact) mass is 335 g/mol. The number of hydrogen-bond donors (Lipinski definition) is 1. The highest BCUT2D eigenvalue weighted by Crippen LogP contribution is 2.29. The van der Waals surface area contributed by atoms with Gasteiger partial charge in [0.2, 0.25) is 0 Å². The van der Waals surface area contributed by atoms with Crippen molar-refractivity contribution in [3.8, 4) is 0 Å². The van der Waals surface area contributed by atoms with Gasteiger partial charge in [-0.25, -0.2) is 0 Å². The van der Waals surface area contributed by atoms with Gasteiger partial charge in [-0.2, -0.15) is 0 Å². The first kappa shape index (κ1) is 17.4. The van der Waals surface area contributed by atoms with Crippen molar-refractivity contribution in [3.05, 3.63) is 18.0 Å². The molecule has 2 aliphatic rings. The fourth-order valence-corrected chi connectivity index (χ4v) is 4.17. The molecule has 2 heterocycles. The number of hydrogen-bond acceptors (Lipinski definition) is 5. The molecule has 6 nitrogen and oxygen atoms in total. The van der Waals surface area contributed by atoms with Gasteiger partial charge < -0.3 is 14.5 Å². The topological polar surface area (TPSA) is 69.8 Å². The van der Waals surface area contributed by atoms with Crippen LogP contribution in [0.2, 0.25) is 0 Å². The van der Waals surface area contributed by atoms with Crippen LogP contribution in [0.15, 0.2) is 16.9 Å². The lowest BCUT2D eigenvalue weighted by molar-refractivity contribution is -0.160. The molecule has 0 bridgehead atoms. The van der Waals surface area contributed by atoms with E-state index in [-0.39, 0.29) is 5.91 Å². The van der Waals surface area contributed by atoms with Gasteiger partial charge in [0.1, 0.15) is 6.26 Å². The molecule has 1 saturated carbocycles. The van der Waals surface area contributed by atoms with Crippen LogP contribution < -0.4 is 0 Å². The van der Waals surface area contributed by atoms with E-state index in [0.29, 0.717) is 25.4 Å². The van der Waals surface area contributed by atoms with Crippen molar-refractivity contribution in [2.45, 2.75) is 57.1 Å². The predicted octanol–water partition coefficient (Wildman–Crippen LogP) is 2.04. The molecular formula is C18H29N3O3. The number of rotatable bonds is 6. The van der Waals surface area contributed by atoms with Gasteiger partial charge in [0, 0.05) is 32.2 Å². The smallest absolute Gasteiger partial charge is 0.255 e. The van der Waals surface area contributed by atoms with Gasteiger partial charge in [-0.3, -0.25) is 9.69 Å². The minimum Gasteiger partial charge on any atom is -0.379 e. The van der Waals surface area contributed by atoms with Crippen molar-refractivity contribution in [1.82, 2.24) is 15.0 Å². The molecule has 1 N–H and O–H groups in total. The van der Waals surface area contributed by atoms with Gasteiger partial charge >= 0.3 is 0 Å². The molecule has 1 aliphatic heterocycles. The van der Waals surface area contributed by atoms with E-state index in [1.165, 1.54) is 38.4 Å². The third kappa shape index (κ3) is 4.16. The standard InChI is InChI=1S/C18H29N3O3/c1-20(13-16-8-11-24-19-16)14-18(23)9-5-10-21(17(18)22)12-15-6-3-2-4-7-15/h8,11,15,23H,2-7,9-10,12-14H2,1H3. The Hall–Kier alpha value is -1.40. The number of likely N-dealkylation sites (tertiary alicyclic amines) is 1. The number of likely N-dealkylation sites (N-methyl/N-ethyl adjacent to an activating group) is 1. The van der Waals surface area contributed by atoms with Gasteiger partial charge in [0.05, 0.1) is 5.69 Å². The highest BCUT2D eigenvalue weighted by atomic mass is 16.5. The summed E-state index contributed by atoms with van der Waals surface area (Å²) in [7, 11) is 1.90. The maximum absolute atomic E-state index is 12.9. The summed E-state index contributed by atoms with van der Waals surface area (Å²) in [4.78, 5) is 16.7. The van der Waals surface area contributed by atoms with E-state index in [0.717, 1.165) is 25.2 Å². The molecule has 0 aromatic carbocycles. The molecule has 24 heavy (non-hydrogen) atoms. The first-order valence-corrected chi connectivity index (χ1v) is 9.16. The van der Waals surface area contributed by atoms with E-state index in [1.807, 2.05) is 16.8 Å². The van der Waals surface area contributed by atoms with Gasteiger partial charge in [-0.15, -0.1) is 0 Å². The Morgan fingerprint density at radius 1 is 1.38 bits per heavy atom. The molecule has 6 heteroatoms. The van der Waals surface area contributed by atoms with E-state index in [9.17, 15) is 9.90 Å². The molecule has 3 rings (SSSR count). The third-order valence-electron chi connectivity index (χ3n) is 5.36. The Kier molecular flexibility index (Phi) is 5.56. The van der Waals surface area contributed by atoms with Crippen molar-refractivity contribution in [3.63, 3.8) is 0 Å². The minimum atomic E-state index is -1.27. The highest BCUT2D eigenvalue weighted by molar-refractivity contribution is 5.86. The maximum Gasteiger partial charge on any atom is 0.255 e. The molecule has 1 aromatic rings. The van der Waals surface area contributed by atoms with E-state index in [1.54, 1.807) is 6.07 Å². The fourth-order valence-electron chi connectivity index (χ4n) is 4.17. The summed E-state index contributed by atoms with van der Waals surface area (Å²) in [6.07, 6.45) is 9.25. The van der Waals surface area contributed by atoms with Crippen LogP contribution >= 0.6 is 0 Å². The number of piperidine rings is 1. The average Bonchev–Trinajstić information content (AvgIpc) is 3.06. The molecule has 2 fully saturated rings. The third-order valence-corrected chi connectivity index (χ3v) is 5.36. The van der Waals surface area contributed by atoms with Crippen molar-refractivity contribution in [2.75, 3.05) is 26.7 Å². The second-order valence-corrected chi connectivity index (χ2v) is 7.55. The zero-order chi connectivity index (χ0) is 17.0. The molecule has 1 unspecified atom stereocenters. The van der Waals surface area contributed by atoms with Gasteiger partial charge in [-0.05, 0) is 38.6 Å². The summed E-state index contributed by atoms with van der Waals surface area (Å²) in [6.45, 7) is 2.49. The van der Waals surface area contributed by atoms with Crippen molar-refractivity contribution in [1.29, 1.82) is 0 Å². The Morgan fingerprint density at radius 3 is 2.88 bits per heavy atom. The average molecular weight is 335 g/mol. The van der Waals surface area contributed by atoms with E-state index < -0.39 is 5.60 Å². The zero-order valence-corrected chi connectivity index (χ0v) is 14.6. The second kappa shape index (κ2) is 7.66. The van der Waals surface area contributed by atoms with E-state index >= 15 is 0 Å². The number of aromatic nitrogens is 1. The summed E-state index contributed by atoms with van der Waals surface area (Å²) in [5, 5.41) is 14.9. The van der Waals surface area contributed by atoms with Gasteiger partial charge in [-0.1, -0.05) is 24.4 Å². The second-order valence-electron chi connectivity index (χ2n) is 7.55. The molecule has 1 aromatic heterocycles. The van der Waals surface area contributed by atoms with Crippen molar-refractivity contribution >= 4 is 5.91 Å². The van der Waals surface area contributed by atoms with Crippen LogP contribution in [0.5, 0.6) is 0 Å². The minimum absolute atomic E-state index is 0.0914. The number of amides is 1. The highest BCUT2D eigenvalue weighted by Gasteiger charge is 2.43. The van der Waals surface area contributed by atoms with Crippen LogP contribution in [0.25, 0.3) is 0 Å². The number of nitrogens with zero attached hydrogens (tertiary/aromatic N) is 3. The maximum atomic E-state index is 12.9. The first-order chi connectivity index (χ1) is 11.6. The number of aliphatic hydroxyl groups is 1. The van der Waals surface area contributed by atoms with Gasteiger partial charge in [0.15, 0.2) is 5.60 Å². The van der Waals surface area contributed by atoms with Crippen LogP contribution in [-0.4, -0.2) is 58.3 Å². The summed E-state index contributed by atoms with van der Waals surface area (Å²) < 4.78 is 4.84. The van der Waals surface area contributed by atoms with Crippen molar-refractivity contribution in [2.24, 2.45) is 5.92 Å². The normalized spacial score (nSPS) is 26.3. The van der Waals surface area contributed by atoms with Crippen LogP contribution in [0.3, 0.4) is 0 Å². The Morgan fingerprint density at radius 2 is 2.17 bits per heavy atom. The van der Waals surface area contributed by atoms with Crippen LogP contribution in [0.1, 0.15) is 50.6 Å². The summed E-state index contributed by atoms with van der Waals surface area (Å²) in [5.41, 5.74) is -0.464. The molecular weight excluding hydrogens is 306 g/mol. The number of carbonyl (C=O) groups is 1. The van der Waals surface area contributed by atoms with Gasteiger partial charge in [0.25, 0.3) is 5.91 Å². The van der Waals surface area contributed by atoms with Crippen LogP contribution in [-0.2, 0) is 11.3 Å². The summed E-state index contributed by atoms with van der Waals surface area (Å²) >= 11 is 0. The Labute approximate surface area is 143 Å². The van der Waals surface area contributed by atoms with Crippen molar-refractivity contribution < 1.29 is 14.4 Å². The first-order valence-electron chi connectivity index (χ1n) is 9.16. The van der Waals surface area contributed by atoms with Crippen LogP contribution in [0, 0.1) is 5.92 Å². The van der Waals surface area contributed by atoms with E-state index in [4.69, 9.17) is 4.52 Å². The largest absolute Gasteiger partial charge is 0.379 e. The molecule has 134 valence electrons. The number of carbonyl (C=O) groups excluding carboxylic acids is 1. The zero-order valence-electron chi connectivity index (χ0n) is 14.6. The molecule has 0 radical (unpaired) electrons. The lowest BCUT2D eigenvalue weighted by atomic mass is 9.86. The quantitative estimate of drug-likeness (QED) is 0.861. The molecule has 1 amide bonds. The fraction of sp³-hybridized carbons (Fsp3) is 0.778. The lowest BCUT2D eigenvalue weighted by Crippen LogP contribution is -2.58. The molecule has 1 aliphatic carbocycles. The lowest BCUT2D eigenvalue weighted by Gasteiger charge is -2.41. The van der Waals surface area contributed by atoms with E-state index in [2.05, 4.69) is 5.16 Å². The Bertz CT molecular complexity index is 528. The predicted molar refractivity (Wildman–Crippen MR) is 90.2 cm³/mol. The molecule has 1 atom stereocenters. The molecule has 1 saturated heterocycles. The summed E-state index contributed by atoms with van der Waals surface area (Å²) in [6, 6.07) is 1.80. The Balaban J connectivity index is 1.57. The van der Waals surface area contributed by atoms with Crippen LogP contribution in [0.4, 0.5) is 0 Å². The summed E-state index contributed by atoms with van der Waals surface area (Å²) in [5.74, 6) is 0.518. The molecule has 0 spiro atoms.